The van der Waals surface area contributed by atoms with Gasteiger partial charge in [-0.3, -0.25) is 0 Å². The minimum absolute atomic E-state index is 0.314. The average molecular weight is 647 g/mol. The summed E-state index contributed by atoms with van der Waals surface area (Å²) < 4.78 is 13.6. The Labute approximate surface area is 277 Å². The molecule has 2 aliphatic carbocycles. The van der Waals surface area contributed by atoms with Gasteiger partial charge in [0.05, 0.1) is 0 Å². The number of fused-ring (bicyclic) bond motifs is 8. The molecule has 0 N–H and O–H groups in total. The third-order valence-electron chi connectivity index (χ3n) is 10.1. The normalized spacial score (nSPS) is 18.6. The van der Waals surface area contributed by atoms with Gasteiger partial charge in [0.25, 0.3) is 0 Å². The van der Waals surface area contributed by atoms with Crippen molar-refractivity contribution in [2.45, 2.75) is 21.3 Å². The van der Waals surface area contributed by atoms with E-state index >= 15 is 0 Å². The standard InChI is InChI=1S/C20H16.2C11H8O2.Ti/c1-2-6-18-12-15(11-17(18)5-1)9-10-16-13-19-7-3-4-8-20(19)14-16;2*12-11(13)10-7-3-5-8-4-1-2-6-9(8)10;/h1-8,11-14H,9-10H2;2*1-7H,(H,12,13);/q;;;+2/p-2. The monoisotopic (exact) mass is 646 g/mol. The molecule has 6 aromatic rings. The van der Waals surface area contributed by atoms with Crippen molar-refractivity contribution in [1.29, 1.82) is 0 Å². The molecule has 5 heteroatoms. The van der Waals surface area contributed by atoms with Crippen LogP contribution in [0.1, 0.15) is 64.3 Å². The Kier molecular flexibility index (Phi) is 6.63. The Bertz CT molecular complexity index is 2160. The SMILES string of the molecule is O=C([O][Ti]1([O]C(=O)c2cccc3ccccc23)[CH]2C(=Cc3ccccc32)CCC2=Cc3ccccc3[CH]21)c1cccc2ccccc12. The van der Waals surface area contributed by atoms with Crippen molar-refractivity contribution in [3.63, 3.8) is 0 Å². The summed E-state index contributed by atoms with van der Waals surface area (Å²) in [7, 11) is 0. The Hall–Kier alpha value is -5.03. The third kappa shape index (κ3) is 4.47. The number of carbonyl (C=O) groups is 2. The molecule has 9 rings (SSSR count). The molecule has 4 nitrogen and oxygen atoms in total. The summed E-state index contributed by atoms with van der Waals surface area (Å²) in [6, 6.07) is 43.7. The Balaban J connectivity index is 1.30. The van der Waals surface area contributed by atoms with Gasteiger partial charge >= 0.3 is 279 Å². The zero-order valence-corrected chi connectivity index (χ0v) is 27.1. The van der Waals surface area contributed by atoms with Crippen molar-refractivity contribution in [2.24, 2.45) is 0 Å². The molecule has 0 bridgehead atoms. The number of allylic oxidation sites excluding steroid dienone is 2. The van der Waals surface area contributed by atoms with E-state index in [1.54, 1.807) is 0 Å². The van der Waals surface area contributed by atoms with Crippen LogP contribution in [0.5, 0.6) is 0 Å². The maximum absolute atomic E-state index is 14.8. The average Bonchev–Trinajstić information content (AvgIpc) is 3.65. The summed E-state index contributed by atoms with van der Waals surface area (Å²) >= 11 is -4.80. The van der Waals surface area contributed by atoms with E-state index in [1.807, 2.05) is 109 Å². The van der Waals surface area contributed by atoms with Crippen molar-refractivity contribution in [3.05, 3.63) is 178 Å². The molecule has 0 radical (unpaired) electrons. The molecule has 1 aliphatic heterocycles. The predicted octanol–water partition coefficient (Wildman–Crippen LogP) is 10.1. The number of carbonyl (C=O) groups excluding carboxylic acids is 2. The fourth-order valence-electron chi connectivity index (χ4n) is 8.08. The molecule has 3 aliphatic rings. The summed E-state index contributed by atoms with van der Waals surface area (Å²) in [5.41, 5.74) is 7.66. The second-order valence-corrected chi connectivity index (χ2v) is 17.3. The van der Waals surface area contributed by atoms with Crippen molar-refractivity contribution in [2.75, 3.05) is 0 Å². The first-order valence-electron chi connectivity index (χ1n) is 16.1. The van der Waals surface area contributed by atoms with E-state index < -0.39 is 29.3 Å². The molecule has 0 spiro atoms. The number of benzene rings is 6. The predicted molar refractivity (Wildman–Crippen MR) is 182 cm³/mol. The molecule has 1 fully saturated rings. The summed E-state index contributed by atoms with van der Waals surface area (Å²) in [4.78, 5) is 29.5. The topological polar surface area (TPSA) is 52.6 Å². The van der Waals surface area contributed by atoms with Crippen LogP contribution in [-0.4, -0.2) is 11.9 Å². The van der Waals surface area contributed by atoms with E-state index in [0.717, 1.165) is 56.6 Å². The van der Waals surface area contributed by atoms with Gasteiger partial charge in [0, 0.05) is 0 Å². The van der Waals surface area contributed by atoms with Gasteiger partial charge in [-0.15, -0.1) is 0 Å². The Morgan fingerprint density at radius 3 is 1.38 bits per heavy atom. The first-order valence-corrected chi connectivity index (χ1v) is 19.2. The minimum atomic E-state index is -4.80. The molecule has 47 heavy (non-hydrogen) atoms. The molecular weight excluding hydrogens is 616 g/mol. The quantitative estimate of drug-likeness (QED) is 0.179. The summed E-state index contributed by atoms with van der Waals surface area (Å²) in [6.45, 7) is 0. The van der Waals surface area contributed by atoms with E-state index in [1.165, 1.54) is 11.1 Å². The van der Waals surface area contributed by atoms with E-state index in [2.05, 4.69) is 36.4 Å². The molecule has 0 aromatic heterocycles. The second-order valence-electron chi connectivity index (χ2n) is 12.6. The van der Waals surface area contributed by atoms with E-state index in [-0.39, 0.29) is 8.45 Å². The molecular formula is C42H30O4Ti. The molecule has 1 heterocycles. The van der Waals surface area contributed by atoms with Gasteiger partial charge in [0.1, 0.15) is 0 Å². The van der Waals surface area contributed by atoms with Gasteiger partial charge in [0.2, 0.25) is 0 Å². The third-order valence-corrected chi connectivity index (χ3v) is 16.3. The van der Waals surface area contributed by atoms with Gasteiger partial charge in [0.15, 0.2) is 0 Å². The molecule has 1 saturated heterocycles. The van der Waals surface area contributed by atoms with Crippen LogP contribution in [0, 0.1) is 0 Å². The summed E-state index contributed by atoms with van der Waals surface area (Å²) in [5, 5.41) is 3.54. The second kappa shape index (κ2) is 11.1. The van der Waals surface area contributed by atoms with Crippen LogP contribution in [0.4, 0.5) is 0 Å². The van der Waals surface area contributed by atoms with Crippen LogP contribution in [0.15, 0.2) is 145 Å². The van der Waals surface area contributed by atoms with Crippen LogP contribution in [-0.2, 0) is 24.0 Å². The number of hydrogen-bond donors (Lipinski definition) is 0. The first kappa shape index (κ1) is 28.2. The van der Waals surface area contributed by atoms with Crippen LogP contribution < -0.4 is 0 Å². The van der Waals surface area contributed by atoms with Gasteiger partial charge in [-0.2, -0.15) is 0 Å². The molecule has 2 unspecified atom stereocenters. The van der Waals surface area contributed by atoms with Crippen LogP contribution in [0.2, 0.25) is 0 Å². The van der Waals surface area contributed by atoms with Crippen molar-refractivity contribution in [3.8, 4) is 0 Å². The van der Waals surface area contributed by atoms with Gasteiger partial charge in [-0.25, -0.2) is 0 Å². The van der Waals surface area contributed by atoms with Crippen molar-refractivity contribution < 1.29 is 33.6 Å². The van der Waals surface area contributed by atoms with E-state index in [9.17, 15) is 9.59 Å². The van der Waals surface area contributed by atoms with Gasteiger partial charge < -0.3 is 0 Å². The number of rotatable bonds is 4. The zero-order valence-electron chi connectivity index (χ0n) is 25.6. The molecule has 226 valence electrons. The summed E-state index contributed by atoms with van der Waals surface area (Å²) in [6.07, 6.45) is 6.09. The van der Waals surface area contributed by atoms with Crippen LogP contribution >= 0.6 is 0 Å². The molecule has 0 amide bonds. The maximum atomic E-state index is 14.8. The fourth-order valence-corrected chi connectivity index (χ4v) is 15.1. The Morgan fingerprint density at radius 2 is 0.894 bits per heavy atom. The van der Waals surface area contributed by atoms with Crippen LogP contribution in [0.25, 0.3) is 33.7 Å². The summed E-state index contributed by atoms with van der Waals surface area (Å²) in [5.74, 6) is -0.885. The first-order chi connectivity index (χ1) is 23.1. The van der Waals surface area contributed by atoms with Crippen molar-refractivity contribution in [1.82, 2.24) is 0 Å². The zero-order chi connectivity index (χ0) is 31.5. The van der Waals surface area contributed by atoms with E-state index in [4.69, 9.17) is 6.64 Å². The molecule has 2 atom stereocenters. The van der Waals surface area contributed by atoms with Gasteiger partial charge in [-0.1, -0.05) is 0 Å². The Morgan fingerprint density at radius 1 is 0.489 bits per heavy atom. The number of hydrogen-bond acceptors (Lipinski definition) is 4. The van der Waals surface area contributed by atoms with Gasteiger partial charge in [-0.05, 0) is 0 Å². The van der Waals surface area contributed by atoms with E-state index in [0.29, 0.717) is 11.1 Å². The molecule has 0 saturated carbocycles. The fraction of sp³-hybridized carbons (Fsp3) is 0.0952. The van der Waals surface area contributed by atoms with Crippen molar-refractivity contribution >= 4 is 45.6 Å². The molecule has 6 aromatic carbocycles. The van der Waals surface area contributed by atoms with Crippen LogP contribution in [0.3, 0.4) is 0 Å².